The average molecular weight is 566 g/mol. The van der Waals surface area contributed by atoms with Crippen LogP contribution in [0.15, 0.2) is 53.9 Å². The van der Waals surface area contributed by atoms with Crippen LogP contribution < -0.4 is 14.2 Å². The number of nitrogens with zero attached hydrogens (tertiary/aromatic N) is 3. The van der Waals surface area contributed by atoms with E-state index in [9.17, 15) is 9.59 Å². The van der Waals surface area contributed by atoms with Gasteiger partial charge in [-0.3, -0.25) is 14.5 Å². The molecule has 1 saturated heterocycles. The first-order valence-electron chi connectivity index (χ1n) is 13.4. The number of hydrogen-bond acceptors (Lipinski definition) is 8. The number of amides is 2. The molecule has 0 radical (unpaired) electrons. The molecule has 2 amide bonds. The molecule has 2 aliphatic rings. The predicted octanol–water partition coefficient (Wildman–Crippen LogP) is 3.80. The first-order chi connectivity index (χ1) is 19.5. The maximum Gasteiger partial charge on any atom is 0.254 e. The summed E-state index contributed by atoms with van der Waals surface area (Å²) in [5.41, 5.74) is 2.60. The fourth-order valence-corrected chi connectivity index (χ4v) is 5.67. The highest BCUT2D eigenvalue weighted by atomic mass is 32.1. The number of benzene rings is 2. The number of fused-ring (bicyclic) bond motifs is 1. The molecule has 2 aromatic carbocycles. The molecule has 3 heterocycles. The third-order valence-electron chi connectivity index (χ3n) is 7.21. The molecule has 40 heavy (non-hydrogen) atoms. The number of methoxy groups -OCH3 is 1. The highest BCUT2D eigenvalue weighted by Crippen LogP contribution is 2.33. The van der Waals surface area contributed by atoms with Crippen LogP contribution in [0.5, 0.6) is 17.2 Å². The van der Waals surface area contributed by atoms with E-state index < -0.39 is 0 Å². The monoisotopic (exact) mass is 565 g/mol. The number of ether oxygens (including phenoxy) is 4. The number of carbonyl (C=O) groups is 2. The third kappa shape index (κ3) is 6.93. The van der Waals surface area contributed by atoms with E-state index in [0.717, 1.165) is 29.1 Å². The minimum absolute atomic E-state index is 0.0236. The fourth-order valence-electron chi connectivity index (χ4n) is 4.75. The second-order valence-corrected chi connectivity index (χ2v) is 10.9. The van der Waals surface area contributed by atoms with Gasteiger partial charge < -0.3 is 28.7 Å². The van der Waals surface area contributed by atoms with E-state index >= 15 is 0 Å². The minimum Gasteiger partial charge on any atom is -0.497 e. The first kappa shape index (κ1) is 27.9. The van der Waals surface area contributed by atoms with Gasteiger partial charge in [-0.1, -0.05) is 6.07 Å². The SMILES string of the molecule is COc1ccc(C(=O)N(CCN2CCOCC2)CC(=O)N(Cc2ccc3c(c2)OCO3)Cc2sccc2C)cc1. The van der Waals surface area contributed by atoms with Crippen molar-refractivity contribution in [2.24, 2.45) is 0 Å². The Balaban J connectivity index is 1.36. The van der Waals surface area contributed by atoms with E-state index in [-0.39, 0.29) is 25.2 Å². The van der Waals surface area contributed by atoms with E-state index in [2.05, 4.69) is 17.9 Å². The van der Waals surface area contributed by atoms with Crippen molar-refractivity contribution < 1.29 is 28.5 Å². The van der Waals surface area contributed by atoms with Crippen molar-refractivity contribution >= 4 is 23.2 Å². The number of thiophene rings is 1. The Kier molecular flexibility index (Phi) is 9.20. The second kappa shape index (κ2) is 13.2. The van der Waals surface area contributed by atoms with Crippen LogP contribution in [-0.2, 0) is 22.6 Å². The maximum absolute atomic E-state index is 13.9. The number of carbonyl (C=O) groups excluding carboxylic acids is 2. The topological polar surface area (TPSA) is 80.8 Å². The summed E-state index contributed by atoms with van der Waals surface area (Å²) in [6.07, 6.45) is 0. The van der Waals surface area contributed by atoms with Gasteiger partial charge in [-0.25, -0.2) is 0 Å². The van der Waals surface area contributed by atoms with Gasteiger partial charge in [-0.05, 0) is 65.9 Å². The largest absolute Gasteiger partial charge is 0.497 e. The summed E-state index contributed by atoms with van der Waals surface area (Å²) in [6.45, 7) is 7.16. The van der Waals surface area contributed by atoms with Gasteiger partial charge in [-0.2, -0.15) is 0 Å². The molecule has 9 nitrogen and oxygen atoms in total. The van der Waals surface area contributed by atoms with Crippen molar-refractivity contribution in [3.63, 3.8) is 0 Å². The summed E-state index contributed by atoms with van der Waals surface area (Å²) in [4.78, 5) is 34.5. The van der Waals surface area contributed by atoms with E-state index in [1.165, 1.54) is 0 Å². The molecule has 2 aliphatic heterocycles. The summed E-state index contributed by atoms with van der Waals surface area (Å²) < 4.78 is 21.7. The van der Waals surface area contributed by atoms with Crippen molar-refractivity contribution in [1.82, 2.24) is 14.7 Å². The Hall–Kier alpha value is -3.60. The summed E-state index contributed by atoms with van der Waals surface area (Å²) >= 11 is 1.63. The molecule has 0 atom stereocenters. The van der Waals surface area contributed by atoms with E-state index in [1.54, 1.807) is 47.6 Å². The molecule has 0 spiro atoms. The number of hydrogen-bond donors (Lipinski definition) is 0. The van der Waals surface area contributed by atoms with Gasteiger partial charge in [0.25, 0.3) is 5.91 Å². The van der Waals surface area contributed by atoms with Crippen LogP contribution >= 0.6 is 11.3 Å². The van der Waals surface area contributed by atoms with Crippen molar-refractivity contribution in [3.05, 3.63) is 75.5 Å². The highest BCUT2D eigenvalue weighted by molar-refractivity contribution is 7.10. The van der Waals surface area contributed by atoms with Gasteiger partial charge in [-0.15, -0.1) is 11.3 Å². The standard InChI is InChI=1S/C30H35N3O6S/c1-22-9-16-40-28(22)19-33(18-23-3-8-26-27(17-23)39-21-38-26)29(34)20-32(11-10-31-12-14-37-15-13-31)30(35)24-4-6-25(36-2)7-5-24/h3-9,16-17H,10-15,18-21H2,1-2H3. The van der Waals surface area contributed by atoms with Gasteiger partial charge in [0.2, 0.25) is 12.7 Å². The second-order valence-electron chi connectivity index (χ2n) is 9.87. The van der Waals surface area contributed by atoms with Crippen molar-refractivity contribution in [2.75, 3.05) is 59.8 Å². The summed E-state index contributed by atoms with van der Waals surface area (Å²) in [5, 5.41) is 2.04. The van der Waals surface area contributed by atoms with Gasteiger partial charge in [0.1, 0.15) is 12.3 Å². The third-order valence-corrected chi connectivity index (χ3v) is 8.21. The quantitative estimate of drug-likeness (QED) is 0.350. The molecule has 0 saturated carbocycles. The Bertz CT molecular complexity index is 1310. The molecular weight excluding hydrogens is 530 g/mol. The molecule has 1 aromatic heterocycles. The molecule has 5 rings (SSSR count). The minimum atomic E-state index is -0.181. The van der Waals surface area contributed by atoms with Crippen molar-refractivity contribution in [3.8, 4) is 17.2 Å². The molecule has 1 fully saturated rings. The first-order valence-corrected chi connectivity index (χ1v) is 14.3. The molecule has 0 aliphatic carbocycles. The molecule has 212 valence electrons. The highest BCUT2D eigenvalue weighted by Gasteiger charge is 2.25. The smallest absolute Gasteiger partial charge is 0.254 e. The van der Waals surface area contributed by atoms with Gasteiger partial charge in [0, 0.05) is 43.2 Å². The normalized spacial score (nSPS) is 14.7. The summed E-state index contributed by atoms with van der Waals surface area (Å²) in [5.74, 6) is 1.76. The summed E-state index contributed by atoms with van der Waals surface area (Å²) in [6, 6.07) is 14.8. The summed E-state index contributed by atoms with van der Waals surface area (Å²) in [7, 11) is 1.59. The lowest BCUT2D eigenvalue weighted by Gasteiger charge is -2.31. The molecule has 0 N–H and O–H groups in total. The van der Waals surface area contributed by atoms with E-state index in [0.29, 0.717) is 62.2 Å². The van der Waals surface area contributed by atoms with Crippen LogP contribution in [0.4, 0.5) is 0 Å². The number of morpholine rings is 1. The lowest BCUT2D eigenvalue weighted by atomic mass is 10.1. The molecule has 3 aromatic rings. The Morgan fingerprint density at radius 1 is 0.975 bits per heavy atom. The van der Waals surface area contributed by atoms with Crippen molar-refractivity contribution in [2.45, 2.75) is 20.0 Å². The molecule has 0 unspecified atom stereocenters. The zero-order valence-electron chi connectivity index (χ0n) is 23.0. The zero-order valence-corrected chi connectivity index (χ0v) is 23.8. The van der Waals surface area contributed by atoms with Crippen LogP contribution in [0, 0.1) is 6.92 Å². The van der Waals surface area contributed by atoms with Crippen molar-refractivity contribution in [1.29, 1.82) is 0 Å². The number of rotatable bonds is 11. The zero-order chi connectivity index (χ0) is 27.9. The van der Waals surface area contributed by atoms with E-state index in [4.69, 9.17) is 18.9 Å². The van der Waals surface area contributed by atoms with Gasteiger partial charge in [0.15, 0.2) is 11.5 Å². The van der Waals surface area contributed by atoms with Crippen LogP contribution in [-0.4, -0.2) is 86.4 Å². The Morgan fingerprint density at radius 2 is 1.75 bits per heavy atom. The maximum atomic E-state index is 13.9. The van der Waals surface area contributed by atoms with Crippen LogP contribution in [0.25, 0.3) is 0 Å². The predicted molar refractivity (Wildman–Crippen MR) is 152 cm³/mol. The van der Waals surface area contributed by atoms with E-state index in [1.807, 2.05) is 28.5 Å². The van der Waals surface area contributed by atoms with Crippen LogP contribution in [0.3, 0.4) is 0 Å². The van der Waals surface area contributed by atoms with Crippen LogP contribution in [0.1, 0.15) is 26.4 Å². The molecule has 10 heteroatoms. The molecule has 0 bridgehead atoms. The molecular formula is C30H35N3O6S. The number of aryl methyl sites for hydroxylation is 1. The lowest BCUT2D eigenvalue weighted by molar-refractivity contribution is -0.133. The fraction of sp³-hybridized carbons (Fsp3) is 0.400. The van der Waals surface area contributed by atoms with Crippen LogP contribution in [0.2, 0.25) is 0 Å². The van der Waals surface area contributed by atoms with Gasteiger partial charge in [0.05, 0.1) is 26.9 Å². The van der Waals surface area contributed by atoms with Gasteiger partial charge >= 0.3 is 0 Å². The Labute approximate surface area is 238 Å². The average Bonchev–Trinajstić information content (AvgIpc) is 3.63. The lowest BCUT2D eigenvalue weighted by Crippen LogP contribution is -2.47. The Morgan fingerprint density at radius 3 is 2.48 bits per heavy atom.